The number of nitrogens with two attached hydrogens (primary N) is 1. The number of benzene rings is 1. The van der Waals surface area contributed by atoms with Gasteiger partial charge < -0.3 is 5.73 Å². The number of allylic oxidation sites excluding steroid dienone is 1. The number of pyridine rings is 1. The molecule has 2 N–H and O–H groups in total. The van der Waals surface area contributed by atoms with Gasteiger partial charge in [0.25, 0.3) is 0 Å². The molecule has 0 fully saturated rings. The largest absolute Gasteiger partial charge is 0.398 e. The van der Waals surface area contributed by atoms with Crippen LogP contribution in [0.15, 0.2) is 36.4 Å². The van der Waals surface area contributed by atoms with E-state index in [0.717, 1.165) is 23.0 Å². The number of hydrogen-bond acceptors (Lipinski definition) is 3. The van der Waals surface area contributed by atoms with E-state index in [1.807, 2.05) is 24.3 Å². The Kier molecular flexibility index (Phi) is 2.01. The summed E-state index contributed by atoms with van der Waals surface area (Å²) in [6.45, 7) is 3.78. The number of para-hydroxylation sites is 1. The first-order chi connectivity index (χ1) is 8.18. The molecule has 3 nitrogen and oxygen atoms in total. The van der Waals surface area contributed by atoms with Crippen LogP contribution in [0.4, 0.5) is 5.69 Å². The number of hydrogen-bond donors (Lipinski definition) is 1. The molecular formula is C14H12N2O. The van der Waals surface area contributed by atoms with Crippen molar-refractivity contribution < 1.29 is 4.79 Å². The number of anilines is 1. The van der Waals surface area contributed by atoms with E-state index in [4.69, 9.17) is 5.73 Å². The van der Waals surface area contributed by atoms with Gasteiger partial charge in [-0.2, -0.15) is 0 Å². The molecule has 1 aromatic carbocycles. The zero-order valence-corrected chi connectivity index (χ0v) is 9.36. The van der Waals surface area contributed by atoms with Gasteiger partial charge >= 0.3 is 0 Å². The normalized spacial score (nSPS) is 15.1. The van der Waals surface area contributed by atoms with Crippen molar-refractivity contribution in [3.05, 3.63) is 47.7 Å². The van der Waals surface area contributed by atoms with Gasteiger partial charge in [-0.3, -0.25) is 9.78 Å². The number of aryl methyl sites for hydroxylation is 1. The van der Waals surface area contributed by atoms with Crippen molar-refractivity contribution >= 4 is 22.4 Å². The van der Waals surface area contributed by atoms with Crippen molar-refractivity contribution in [3.8, 4) is 0 Å². The fraction of sp³-hybridized carbons (Fsp3) is 0.143. The molecule has 1 heterocycles. The summed E-state index contributed by atoms with van der Waals surface area (Å²) in [6.07, 6.45) is 1.42. The summed E-state index contributed by atoms with van der Waals surface area (Å²) in [7, 11) is 0. The Hall–Kier alpha value is -2.16. The van der Waals surface area contributed by atoms with Crippen LogP contribution in [0.3, 0.4) is 0 Å². The predicted octanol–water partition coefficient (Wildman–Crippen LogP) is 2.50. The molecule has 0 amide bonds. The second kappa shape index (κ2) is 3.42. The highest BCUT2D eigenvalue weighted by molar-refractivity contribution is 6.16. The molecule has 17 heavy (non-hydrogen) atoms. The van der Waals surface area contributed by atoms with Crippen LogP contribution >= 0.6 is 0 Å². The lowest BCUT2D eigenvalue weighted by Gasteiger charge is -2.18. The molecule has 0 saturated carbocycles. The zero-order valence-electron chi connectivity index (χ0n) is 9.36. The van der Waals surface area contributed by atoms with E-state index in [2.05, 4.69) is 11.6 Å². The number of aromatic nitrogens is 1. The summed E-state index contributed by atoms with van der Waals surface area (Å²) in [5, 5.41) is 0.842. The van der Waals surface area contributed by atoms with Gasteiger partial charge in [0.05, 0.1) is 22.5 Å². The number of nitrogen functional groups attached to an aromatic ring is 1. The maximum absolute atomic E-state index is 12.1. The molecule has 0 atom stereocenters. The summed E-state index contributed by atoms with van der Waals surface area (Å²) in [5.41, 5.74) is 9.47. The molecule has 0 radical (unpaired) electrons. The highest BCUT2D eigenvalue weighted by atomic mass is 16.1. The van der Waals surface area contributed by atoms with Crippen LogP contribution in [-0.4, -0.2) is 10.8 Å². The molecule has 1 aromatic heterocycles. The number of Topliss-reactive ketones (excluding diaryl/α,β-unsaturated/α-hetero) is 1. The number of carbonyl (C=O) groups excluding carboxylic acids is 1. The SMILES string of the molecule is C=C1CCc2nc3ccccc3c(N)c2C1=O. The molecule has 84 valence electrons. The van der Waals surface area contributed by atoms with Crippen LogP contribution in [0, 0.1) is 0 Å². The maximum atomic E-state index is 12.1. The average Bonchev–Trinajstić information content (AvgIpc) is 2.34. The Bertz CT molecular complexity index is 659. The van der Waals surface area contributed by atoms with E-state index in [0.29, 0.717) is 23.2 Å². The highest BCUT2D eigenvalue weighted by Gasteiger charge is 2.25. The fourth-order valence-corrected chi connectivity index (χ4v) is 2.28. The molecule has 3 heteroatoms. The Morgan fingerprint density at radius 1 is 1.24 bits per heavy atom. The van der Waals surface area contributed by atoms with E-state index in [9.17, 15) is 4.79 Å². The van der Waals surface area contributed by atoms with Crippen LogP contribution in [0.25, 0.3) is 10.9 Å². The molecule has 0 unspecified atom stereocenters. The molecule has 0 bridgehead atoms. The van der Waals surface area contributed by atoms with Gasteiger partial charge in [-0.15, -0.1) is 0 Å². The Labute approximate surface area is 99.0 Å². The number of ketones is 1. The van der Waals surface area contributed by atoms with Crippen LogP contribution in [-0.2, 0) is 6.42 Å². The molecule has 1 aliphatic carbocycles. The van der Waals surface area contributed by atoms with E-state index in [1.165, 1.54) is 0 Å². The smallest absolute Gasteiger partial charge is 0.192 e. The van der Waals surface area contributed by atoms with Gasteiger partial charge in [0.1, 0.15) is 0 Å². The third-order valence-electron chi connectivity index (χ3n) is 3.22. The van der Waals surface area contributed by atoms with Crippen LogP contribution in [0.5, 0.6) is 0 Å². The quantitative estimate of drug-likeness (QED) is 0.699. The van der Waals surface area contributed by atoms with Crippen molar-refractivity contribution in [1.29, 1.82) is 0 Å². The Morgan fingerprint density at radius 2 is 2.00 bits per heavy atom. The summed E-state index contributed by atoms with van der Waals surface area (Å²) >= 11 is 0. The lowest BCUT2D eigenvalue weighted by atomic mass is 9.89. The topological polar surface area (TPSA) is 56.0 Å². The number of nitrogens with zero attached hydrogens (tertiary/aromatic N) is 1. The Morgan fingerprint density at radius 3 is 2.82 bits per heavy atom. The number of fused-ring (bicyclic) bond motifs is 2. The average molecular weight is 224 g/mol. The van der Waals surface area contributed by atoms with Crippen molar-refractivity contribution in [2.75, 3.05) is 5.73 Å². The molecule has 1 aliphatic rings. The first-order valence-corrected chi connectivity index (χ1v) is 5.58. The first-order valence-electron chi connectivity index (χ1n) is 5.58. The fourth-order valence-electron chi connectivity index (χ4n) is 2.28. The molecule has 3 rings (SSSR count). The predicted molar refractivity (Wildman–Crippen MR) is 67.9 cm³/mol. The second-order valence-electron chi connectivity index (χ2n) is 4.30. The van der Waals surface area contributed by atoms with Crippen molar-refractivity contribution in [2.24, 2.45) is 0 Å². The first kappa shape index (κ1) is 10.0. The molecule has 0 aliphatic heterocycles. The lowest BCUT2D eigenvalue weighted by molar-refractivity contribution is 0.102. The number of rotatable bonds is 0. The molecule has 0 spiro atoms. The van der Waals surface area contributed by atoms with Crippen LogP contribution in [0.1, 0.15) is 22.5 Å². The van der Waals surface area contributed by atoms with Crippen LogP contribution < -0.4 is 5.73 Å². The Balaban J connectivity index is 2.40. The second-order valence-corrected chi connectivity index (χ2v) is 4.30. The molecule has 0 saturated heterocycles. The van der Waals surface area contributed by atoms with Crippen molar-refractivity contribution in [3.63, 3.8) is 0 Å². The summed E-state index contributed by atoms with van der Waals surface area (Å²) in [6, 6.07) is 7.63. The third kappa shape index (κ3) is 1.35. The molecular weight excluding hydrogens is 212 g/mol. The van der Waals surface area contributed by atoms with Crippen molar-refractivity contribution in [2.45, 2.75) is 12.8 Å². The highest BCUT2D eigenvalue weighted by Crippen LogP contribution is 2.32. The van der Waals surface area contributed by atoms with Crippen LogP contribution in [0.2, 0.25) is 0 Å². The van der Waals surface area contributed by atoms with E-state index < -0.39 is 0 Å². The minimum absolute atomic E-state index is 0.0537. The molecule has 2 aromatic rings. The van der Waals surface area contributed by atoms with E-state index in [1.54, 1.807) is 0 Å². The third-order valence-corrected chi connectivity index (χ3v) is 3.22. The van der Waals surface area contributed by atoms with Gasteiger partial charge in [-0.1, -0.05) is 24.8 Å². The maximum Gasteiger partial charge on any atom is 0.192 e. The van der Waals surface area contributed by atoms with Gasteiger partial charge in [-0.25, -0.2) is 0 Å². The summed E-state index contributed by atoms with van der Waals surface area (Å²) < 4.78 is 0. The standard InChI is InChI=1S/C14H12N2O/c1-8-6-7-11-12(14(8)17)13(15)9-4-2-3-5-10(9)16-11/h2-5H,1,6-7H2,(H2,15,16). The van der Waals surface area contributed by atoms with Crippen molar-refractivity contribution in [1.82, 2.24) is 4.98 Å². The minimum Gasteiger partial charge on any atom is -0.398 e. The van der Waals surface area contributed by atoms with Gasteiger partial charge in [0.2, 0.25) is 0 Å². The van der Waals surface area contributed by atoms with Gasteiger partial charge in [0, 0.05) is 5.39 Å². The van der Waals surface area contributed by atoms with Gasteiger partial charge in [0.15, 0.2) is 5.78 Å². The number of carbonyl (C=O) groups is 1. The van der Waals surface area contributed by atoms with Gasteiger partial charge in [-0.05, 0) is 24.5 Å². The lowest BCUT2D eigenvalue weighted by Crippen LogP contribution is -2.17. The van der Waals surface area contributed by atoms with E-state index in [-0.39, 0.29) is 5.78 Å². The summed E-state index contributed by atoms with van der Waals surface area (Å²) in [4.78, 5) is 16.6. The van der Waals surface area contributed by atoms with E-state index >= 15 is 0 Å². The zero-order chi connectivity index (χ0) is 12.0. The minimum atomic E-state index is -0.0537. The summed E-state index contributed by atoms with van der Waals surface area (Å²) in [5.74, 6) is -0.0537. The monoisotopic (exact) mass is 224 g/mol.